The van der Waals surface area contributed by atoms with Crippen molar-refractivity contribution in [1.82, 2.24) is 4.90 Å². The van der Waals surface area contributed by atoms with E-state index in [2.05, 4.69) is 0 Å². The standard InChI is InChI=1S/C3H7NO.Ca.2H/c1-4(2)3-5;;;/h3H,1-2H3;;;. The third kappa shape index (κ3) is 8.83. The molecule has 6 heavy (non-hydrogen) atoms. The summed E-state index contributed by atoms with van der Waals surface area (Å²) >= 11 is 0. The van der Waals surface area contributed by atoms with Crippen molar-refractivity contribution in [2.45, 2.75) is 0 Å². The van der Waals surface area contributed by atoms with Crippen LogP contribution in [-0.2, 0) is 4.79 Å². The van der Waals surface area contributed by atoms with Crippen LogP contribution in [-0.4, -0.2) is 63.1 Å². The van der Waals surface area contributed by atoms with Gasteiger partial charge < -0.3 is 4.90 Å². The van der Waals surface area contributed by atoms with Crippen LogP contribution in [0.2, 0.25) is 0 Å². The Labute approximate surface area is 67.5 Å². The van der Waals surface area contributed by atoms with E-state index < -0.39 is 0 Å². The first-order valence-electron chi connectivity index (χ1n) is 1.39. The Morgan fingerprint density at radius 1 is 1.50 bits per heavy atom. The van der Waals surface area contributed by atoms with Gasteiger partial charge in [0.15, 0.2) is 0 Å². The van der Waals surface area contributed by atoms with Gasteiger partial charge in [0.2, 0.25) is 6.41 Å². The van der Waals surface area contributed by atoms with Crippen LogP contribution in [0.1, 0.15) is 0 Å². The fourth-order valence-electron chi connectivity index (χ4n) is 0. The summed E-state index contributed by atoms with van der Waals surface area (Å²) in [6.45, 7) is 0. The van der Waals surface area contributed by atoms with Gasteiger partial charge in [-0.05, 0) is 0 Å². The summed E-state index contributed by atoms with van der Waals surface area (Å²) < 4.78 is 0. The zero-order chi connectivity index (χ0) is 4.28. The molecular weight excluding hydrogens is 106 g/mol. The summed E-state index contributed by atoms with van der Waals surface area (Å²) in [7, 11) is 3.38. The van der Waals surface area contributed by atoms with E-state index >= 15 is 0 Å². The average molecular weight is 115 g/mol. The maximum absolute atomic E-state index is 9.43. The van der Waals surface area contributed by atoms with Crippen molar-refractivity contribution in [2.75, 3.05) is 14.1 Å². The number of rotatable bonds is 1. The van der Waals surface area contributed by atoms with Crippen molar-refractivity contribution in [2.24, 2.45) is 0 Å². The number of hydrogen-bond acceptors (Lipinski definition) is 1. The molecule has 0 N–H and O–H groups in total. The molecule has 0 bridgehead atoms. The van der Waals surface area contributed by atoms with Crippen LogP contribution in [0, 0.1) is 0 Å². The first kappa shape index (κ1) is 9.88. The molecule has 0 unspecified atom stereocenters. The van der Waals surface area contributed by atoms with Crippen LogP contribution in [0.15, 0.2) is 0 Å². The molecule has 0 rings (SSSR count). The first-order valence-corrected chi connectivity index (χ1v) is 1.39. The van der Waals surface area contributed by atoms with E-state index in [0.717, 1.165) is 6.41 Å². The van der Waals surface area contributed by atoms with Gasteiger partial charge in [0, 0.05) is 14.1 Å². The molecule has 0 spiro atoms. The van der Waals surface area contributed by atoms with Crippen LogP contribution >= 0.6 is 0 Å². The van der Waals surface area contributed by atoms with Crippen molar-refractivity contribution >= 4 is 44.1 Å². The minimum absolute atomic E-state index is 0. The summed E-state index contributed by atoms with van der Waals surface area (Å²) in [5.74, 6) is 0. The normalized spacial score (nSPS) is 5.67. The van der Waals surface area contributed by atoms with E-state index in [1.54, 1.807) is 14.1 Å². The first-order chi connectivity index (χ1) is 2.27. The maximum atomic E-state index is 9.43. The van der Waals surface area contributed by atoms with Crippen molar-refractivity contribution in [3.8, 4) is 0 Å². The van der Waals surface area contributed by atoms with Gasteiger partial charge in [0.05, 0.1) is 0 Å². The molecule has 2 nitrogen and oxygen atoms in total. The van der Waals surface area contributed by atoms with Gasteiger partial charge in [-0.1, -0.05) is 0 Å². The predicted octanol–water partition coefficient (Wildman–Crippen LogP) is -1.21. The van der Waals surface area contributed by atoms with Crippen LogP contribution in [0.25, 0.3) is 0 Å². The number of amides is 1. The predicted molar refractivity (Wildman–Crippen MR) is 28.3 cm³/mol. The molecule has 34 valence electrons. The van der Waals surface area contributed by atoms with Gasteiger partial charge >= 0.3 is 37.7 Å². The van der Waals surface area contributed by atoms with E-state index in [9.17, 15) is 4.79 Å². The number of carbonyl (C=O) groups is 1. The molecule has 0 atom stereocenters. The van der Waals surface area contributed by atoms with Gasteiger partial charge in [0.25, 0.3) is 0 Å². The van der Waals surface area contributed by atoms with Crippen molar-refractivity contribution in [1.29, 1.82) is 0 Å². The zero-order valence-electron chi connectivity index (χ0n) is 3.43. The molecule has 0 aliphatic carbocycles. The van der Waals surface area contributed by atoms with Crippen LogP contribution in [0.5, 0.6) is 0 Å². The second-order valence-corrected chi connectivity index (χ2v) is 1.07. The molecule has 0 saturated carbocycles. The summed E-state index contributed by atoms with van der Waals surface area (Å²) in [4.78, 5) is 10.9. The van der Waals surface area contributed by atoms with Crippen LogP contribution in [0.4, 0.5) is 0 Å². The second-order valence-electron chi connectivity index (χ2n) is 1.07. The molecule has 0 saturated heterocycles. The average Bonchev–Trinajstić information content (AvgIpc) is 1.38. The Balaban J connectivity index is 0. The zero-order valence-corrected chi connectivity index (χ0v) is 3.43. The van der Waals surface area contributed by atoms with E-state index in [4.69, 9.17) is 0 Å². The Hall–Kier alpha value is 0.730. The number of nitrogens with zero attached hydrogens (tertiary/aromatic N) is 1. The molecule has 0 aliphatic heterocycles. The molecule has 0 fully saturated rings. The van der Waals surface area contributed by atoms with E-state index in [1.807, 2.05) is 0 Å². The molecular formula is C3H9CaNO. The quantitative estimate of drug-likeness (QED) is 0.310. The van der Waals surface area contributed by atoms with E-state index in [1.165, 1.54) is 4.90 Å². The molecule has 3 heteroatoms. The Morgan fingerprint density at radius 2 is 1.67 bits per heavy atom. The van der Waals surface area contributed by atoms with Crippen LogP contribution < -0.4 is 0 Å². The molecule has 0 heterocycles. The van der Waals surface area contributed by atoms with Gasteiger partial charge in [0.1, 0.15) is 0 Å². The summed E-state index contributed by atoms with van der Waals surface area (Å²) in [5, 5.41) is 0. The fraction of sp³-hybridized carbons (Fsp3) is 0.667. The van der Waals surface area contributed by atoms with E-state index in [-0.39, 0.29) is 37.7 Å². The molecule has 0 aliphatic rings. The molecule has 1 amide bonds. The van der Waals surface area contributed by atoms with Crippen molar-refractivity contribution < 1.29 is 4.79 Å². The van der Waals surface area contributed by atoms with Gasteiger partial charge in [-0.15, -0.1) is 0 Å². The summed E-state index contributed by atoms with van der Waals surface area (Å²) in [6, 6.07) is 0. The Morgan fingerprint density at radius 3 is 1.67 bits per heavy atom. The number of hydrogen-bond donors (Lipinski definition) is 0. The SMILES string of the molecule is CN(C)C=O.[CaH2]. The van der Waals surface area contributed by atoms with Crippen molar-refractivity contribution in [3.63, 3.8) is 0 Å². The van der Waals surface area contributed by atoms with Crippen LogP contribution in [0.3, 0.4) is 0 Å². The molecule has 0 aromatic carbocycles. The summed E-state index contributed by atoms with van der Waals surface area (Å²) in [5.41, 5.74) is 0. The minimum atomic E-state index is 0. The van der Waals surface area contributed by atoms with Gasteiger partial charge in [-0.2, -0.15) is 0 Å². The monoisotopic (exact) mass is 115 g/mol. The van der Waals surface area contributed by atoms with Gasteiger partial charge in [-0.25, -0.2) is 0 Å². The fourth-order valence-corrected chi connectivity index (χ4v) is 0. The Kier molecular flexibility index (Phi) is 9.43. The summed E-state index contributed by atoms with van der Waals surface area (Å²) in [6.07, 6.45) is 0.750. The Bertz CT molecular complexity index is 37.8. The third-order valence-corrected chi connectivity index (χ3v) is 0.211. The molecule has 0 aromatic heterocycles. The van der Waals surface area contributed by atoms with E-state index in [0.29, 0.717) is 0 Å². The molecule has 0 radical (unpaired) electrons. The second kappa shape index (κ2) is 5.73. The van der Waals surface area contributed by atoms with Gasteiger partial charge in [-0.3, -0.25) is 4.79 Å². The van der Waals surface area contributed by atoms with Crippen molar-refractivity contribution in [3.05, 3.63) is 0 Å². The topological polar surface area (TPSA) is 20.3 Å². The number of carbonyl (C=O) groups excluding carboxylic acids is 1. The molecule has 0 aromatic rings. The third-order valence-electron chi connectivity index (χ3n) is 0.211.